The lowest BCUT2D eigenvalue weighted by Crippen LogP contribution is -1.97. The fourth-order valence-electron chi connectivity index (χ4n) is 3.02. The van der Waals surface area contributed by atoms with Crippen molar-refractivity contribution in [3.05, 3.63) is 72.3 Å². The highest BCUT2D eigenvalue weighted by Crippen LogP contribution is 2.37. The molecule has 0 aromatic heterocycles. The molecule has 3 aromatic carbocycles. The highest BCUT2D eigenvalue weighted by molar-refractivity contribution is 5.80. The summed E-state index contributed by atoms with van der Waals surface area (Å²) in [6.45, 7) is 4.47. The quantitative estimate of drug-likeness (QED) is 0.644. The zero-order valence-corrected chi connectivity index (χ0v) is 13.6. The Balaban J connectivity index is 2.20. The highest BCUT2D eigenvalue weighted by Gasteiger charge is 2.14. The minimum atomic E-state index is 0.413. The molecule has 0 spiro atoms. The van der Waals surface area contributed by atoms with Gasteiger partial charge in [0, 0.05) is 11.4 Å². The smallest absolute Gasteiger partial charge is 0.0314 e. The number of nitrogen functional groups attached to an aromatic ring is 2. The van der Waals surface area contributed by atoms with Gasteiger partial charge in [0.1, 0.15) is 0 Å². The lowest BCUT2D eigenvalue weighted by molar-refractivity contribution is 0.871. The maximum absolute atomic E-state index is 5.83. The van der Waals surface area contributed by atoms with Gasteiger partial charge in [-0.15, -0.1) is 0 Å². The number of hydrogen-bond donors (Lipinski definition) is 2. The minimum Gasteiger partial charge on any atom is -0.399 e. The summed E-state index contributed by atoms with van der Waals surface area (Å²) in [5, 5.41) is 0. The third-order valence-corrected chi connectivity index (χ3v) is 4.13. The summed E-state index contributed by atoms with van der Waals surface area (Å²) in [5.74, 6) is 0.413. The van der Waals surface area contributed by atoms with E-state index in [1.807, 2.05) is 24.3 Å². The second kappa shape index (κ2) is 6.17. The summed E-state index contributed by atoms with van der Waals surface area (Å²) in [7, 11) is 0. The largest absolute Gasteiger partial charge is 0.399 e. The first-order chi connectivity index (χ1) is 11.1. The van der Waals surface area contributed by atoms with Crippen molar-refractivity contribution in [3.63, 3.8) is 0 Å². The molecule has 3 aromatic rings. The number of hydrogen-bond acceptors (Lipinski definition) is 2. The zero-order valence-electron chi connectivity index (χ0n) is 13.6. The summed E-state index contributed by atoms with van der Waals surface area (Å²) in [5.41, 5.74) is 19.5. The number of nitrogens with two attached hydrogens (primary N) is 2. The van der Waals surface area contributed by atoms with Crippen molar-refractivity contribution in [2.75, 3.05) is 11.5 Å². The molecule has 0 unspecified atom stereocenters. The van der Waals surface area contributed by atoms with Gasteiger partial charge < -0.3 is 11.5 Å². The molecule has 0 fully saturated rings. The van der Waals surface area contributed by atoms with Crippen LogP contribution in [0, 0.1) is 0 Å². The van der Waals surface area contributed by atoms with E-state index in [4.69, 9.17) is 11.5 Å². The van der Waals surface area contributed by atoms with E-state index in [-0.39, 0.29) is 0 Å². The molecule has 2 nitrogen and oxygen atoms in total. The molecule has 0 atom stereocenters. The standard InChI is InChI=1S/C21H22N2/c1-14(2)21-19(15-6-10-17(22)11-7-15)4-3-5-20(21)16-8-12-18(23)13-9-16/h3-14H,22-23H2,1-2H3. The van der Waals surface area contributed by atoms with Crippen LogP contribution >= 0.6 is 0 Å². The van der Waals surface area contributed by atoms with E-state index < -0.39 is 0 Å². The molecule has 0 aliphatic carbocycles. The van der Waals surface area contributed by atoms with E-state index >= 15 is 0 Å². The van der Waals surface area contributed by atoms with Crippen molar-refractivity contribution in [1.82, 2.24) is 0 Å². The predicted molar refractivity (Wildman–Crippen MR) is 100 cm³/mol. The summed E-state index contributed by atoms with van der Waals surface area (Å²) in [6, 6.07) is 22.6. The molecule has 0 radical (unpaired) electrons. The van der Waals surface area contributed by atoms with Gasteiger partial charge in [0.15, 0.2) is 0 Å². The van der Waals surface area contributed by atoms with Crippen molar-refractivity contribution in [2.24, 2.45) is 0 Å². The van der Waals surface area contributed by atoms with E-state index in [1.54, 1.807) is 0 Å². The van der Waals surface area contributed by atoms with Crippen LogP contribution in [0.5, 0.6) is 0 Å². The molecular formula is C21H22N2. The number of benzene rings is 3. The Bertz CT molecular complexity index is 737. The maximum Gasteiger partial charge on any atom is 0.0314 e. The number of anilines is 2. The SMILES string of the molecule is CC(C)c1c(-c2ccc(N)cc2)cccc1-c1ccc(N)cc1. The Morgan fingerprint density at radius 3 is 1.35 bits per heavy atom. The van der Waals surface area contributed by atoms with Gasteiger partial charge in [-0.1, -0.05) is 56.3 Å². The molecule has 116 valence electrons. The van der Waals surface area contributed by atoms with Crippen LogP contribution in [0.25, 0.3) is 22.3 Å². The van der Waals surface area contributed by atoms with Gasteiger partial charge in [0.25, 0.3) is 0 Å². The topological polar surface area (TPSA) is 52.0 Å². The Morgan fingerprint density at radius 1 is 0.609 bits per heavy atom. The molecule has 0 bridgehead atoms. The summed E-state index contributed by atoms with van der Waals surface area (Å²) < 4.78 is 0. The molecule has 0 amide bonds. The monoisotopic (exact) mass is 302 g/mol. The third-order valence-electron chi connectivity index (χ3n) is 4.13. The predicted octanol–water partition coefficient (Wildman–Crippen LogP) is 5.31. The van der Waals surface area contributed by atoms with Gasteiger partial charge in [-0.25, -0.2) is 0 Å². The van der Waals surface area contributed by atoms with Crippen molar-refractivity contribution >= 4 is 11.4 Å². The third kappa shape index (κ3) is 3.07. The van der Waals surface area contributed by atoms with Gasteiger partial charge in [-0.05, 0) is 58.0 Å². The van der Waals surface area contributed by atoms with Crippen molar-refractivity contribution in [3.8, 4) is 22.3 Å². The normalized spacial score (nSPS) is 10.9. The lowest BCUT2D eigenvalue weighted by Gasteiger charge is -2.19. The van der Waals surface area contributed by atoms with Gasteiger partial charge >= 0.3 is 0 Å². The van der Waals surface area contributed by atoms with Crippen LogP contribution in [-0.2, 0) is 0 Å². The van der Waals surface area contributed by atoms with Crippen LogP contribution in [0.15, 0.2) is 66.7 Å². The molecule has 0 aliphatic heterocycles. The van der Waals surface area contributed by atoms with Crippen molar-refractivity contribution < 1.29 is 0 Å². The first-order valence-corrected chi connectivity index (χ1v) is 7.91. The molecule has 0 saturated carbocycles. The summed E-state index contributed by atoms with van der Waals surface area (Å²) in [4.78, 5) is 0. The van der Waals surface area contributed by atoms with Crippen LogP contribution in [-0.4, -0.2) is 0 Å². The zero-order chi connectivity index (χ0) is 16.4. The lowest BCUT2D eigenvalue weighted by atomic mass is 9.86. The van der Waals surface area contributed by atoms with Crippen LogP contribution in [0.4, 0.5) is 11.4 Å². The average Bonchev–Trinajstić information content (AvgIpc) is 2.55. The van der Waals surface area contributed by atoms with Crippen molar-refractivity contribution in [1.29, 1.82) is 0 Å². The van der Waals surface area contributed by atoms with Crippen LogP contribution in [0.1, 0.15) is 25.3 Å². The Hall–Kier alpha value is -2.74. The average molecular weight is 302 g/mol. The van der Waals surface area contributed by atoms with Gasteiger partial charge in [0.2, 0.25) is 0 Å². The van der Waals surface area contributed by atoms with Crippen LogP contribution < -0.4 is 11.5 Å². The fourth-order valence-corrected chi connectivity index (χ4v) is 3.02. The summed E-state index contributed by atoms with van der Waals surface area (Å²) in [6.07, 6.45) is 0. The van der Waals surface area contributed by atoms with E-state index in [0.29, 0.717) is 5.92 Å². The Labute approximate surface area is 137 Å². The second-order valence-corrected chi connectivity index (χ2v) is 6.17. The van der Waals surface area contributed by atoms with E-state index in [9.17, 15) is 0 Å². The molecule has 3 rings (SSSR count). The van der Waals surface area contributed by atoms with Gasteiger partial charge in [-0.2, -0.15) is 0 Å². The Kier molecular flexibility index (Phi) is 4.07. The molecule has 2 heteroatoms. The molecule has 0 heterocycles. The Morgan fingerprint density at radius 2 is 1.00 bits per heavy atom. The van der Waals surface area contributed by atoms with Gasteiger partial charge in [0.05, 0.1) is 0 Å². The van der Waals surface area contributed by atoms with E-state index in [0.717, 1.165) is 11.4 Å². The molecule has 0 aliphatic rings. The first-order valence-electron chi connectivity index (χ1n) is 7.91. The molecule has 23 heavy (non-hydrogen) atoms. The number of rotatable bonds is 3. The maximum atomic E-state index is 5.83. The summed E-state index contributed by atoms with van der Waals surface area (Å²) >= 11 is 0. The van der Waals surface area contributed by atoms with E-state index in [2.05, 4.69) is 56.3 Å². The highest BCUT2D eigenvalue weighted by atomic mass is 14.5. The fraction of sp³-hybridized carbons (Fsp3) is 0.143. The molecule has 4 N–H and O–H groups in total. The van der Waals surface area contributed by atoms with Crippen LogP contribution in [0.2, 0.25) is 0 Å². The van der Waals surface area contributed by atoms with Crippen molar-refractivity contribution in [2.45, 2.75) is 19.8 Å². The van der Waals surface area contributed by atoms with Gasteiger partial charge in [-0.3, -0.25) is 0 Å². The van der Waals surface area contributed by atoms with Crippen LogP contribution in [0.3, 0.4) is 0 Å². The first kappa shape index (κ1) is 15.2. The van der Waals surface area contributed by atoms with E-state index in [1.165, 1.54) is 27.8 Å². The molecule has 0 saturated heterocycles. The second-order valence-electron chi connectivity index (χ2n) is 6.17. The minimum absolute atomic E-state index is 0.413. The molecular weight excluding hydrogens is 280 g/mol.